The molecule has 0 aromatic carbocycles. The van der Waals surface area contributed by atoms with Crippen LogP contribution < -0.4 is 10.6 Å². The van der Waals surface area contributed by atoms with Crippen LogP contribution in [0.25, 0.3) is 0 Å². The lowest BCUT2D eigenvalue weighted by molar-refractivity contribution is 0.0982. The number of likely N-dealkylation sites (tertiary alicyclic amines) is 1. The number of hydrogen-bond donors (Lipinski definition) is 2. The van der Waals surface area contributed by atoms with E-state index in [-0.39, 0.29) is 29.5 Å². The summed E-state index contributed by atoms with van der Waals surface area (Å²) in [4.78, 5) is 7.02. The number of guanidine groups is 1. The third kappa shape index (κ3) is 7.59. The van der Waals surface area contributed by atoms with Crippen molar-refractivity contribution >= 4 is 29.9 Å². The molecule has 148 valence electrons. The molecule has 1 saturated heterocycles. The fourth-order valence-corrected chi connectivity index (χ4v) is 3.53. The van der Waals surface area contributed by atoms with Crippen LogP contribution in [0.2, 0.25) is 0 Å². The first-order valence-electron chi connectivity index (χ1n) is 9.79. The minimum absolute atomic E-state index is 0. The highest BCUT2D eigenvalue weighted by Crippen LogP contribution is 2.48. The second kappa shape index (κ2) is 10.9. The van der Waals surface area contributed by atoms with Gasteiger partial charge in [0.15, 0.2) is 5.96 Å². The van der Waals surface area contributed by atoms with Crippen molar-refractivity contribution in [3.63, 3.8) is 0 Å². The van der Waals surface area contributed by atoms with E-state index in [0.29, 0.717) is 5.41 Å². The molecule has 0 aromatic rings. The van der Waals surface area contributed by atoms with Gasteiger partial charge in [-0.05, 0) is 71.4 Å². The molecular formula is C19H39IN4O. The zero-order valence-electron chi connectivity index (χ0n) is 16.7. The molecule has 2 fully saturated rings. The van der Waals surface area contributed by atoms with Crippen molar-refractivity contribution in [1.29, 1.82) is 0 Å². The number of piperidine rings is 1. The van der Waals surface area contributed by atoms with Crippen molar-refractivity contribution < 1.29 is 4.74 Å². The SMILES string of the molecule is CCOCCC1(CNC(=NC)NCC(C)(C)N2CCCCC2)CC1.I. The maximum Gasteiger partial charge on any atom is 0.191 e. The third-order valence-electron chi connectivity index (χ3n) is 5.69. The van der Waals surface area contributed by atoms with Crippen LogP contribution in [0.1, 0.15) is 59.3 Å². The lowest BCUT2D eigenvalue weighted by Gasteiger charge is -2.41. The fraction of sp³-hybridized carbons (Fsp3) is 0.947. The Bertz CT molecular complexity index is 404. The number of nitrogens with one attached hydrogen (secondary N) is 2. The van der Waals surface area contributed by atoms with Crippen LogP contribution in [0.4, 0.5) is 0 Å². The average Bonchev–Trinajstić information content (AvgIpc) is 3.36. The van der Waals surface area contributed by atoms with Crippen molar-refractivity contribution in [2.75, 3.05) is 46.4 Å². The van der Waals surface area contributed by atoms with Gasteiger partial charge in [0, 0.05) is 38.9 Å². The lowest BCUT2D eigenvalue weighted by Crippen LogP contribution is -2.55. The van der Waals surface area contributed by atoms with Gasteiger partial charge in [-0.15, -0.1) is 24.0 Å². The molecular weight excluding hydrogens is 427 g/mol. The number of hydrogen-bond acceptors (Lipinski definition) is 3. The predicted molar refractivity (Wildman–Crippen MR) is 117 cm³/mol. The molecule has 0 bridgehead atoms. The highest BCUT2D eigenvalue weighted by Gasteiger charge is 2.42. The Balaban J connectivity index is 0.00000312. The standard InChI is InChI=1S/C19H38N4O.HI/c1-5-24-14-11-19(9-10-19)16-22-17(20-4)21-15-18(2,3)23-12-7-6-8-13-23;/h5-16H2,1-4H3,(H2,20,21,22);1H. The largest absolute Gasteiger partial charge is 0.382 e. The molecule has 0 amide bonds. The average molecular weight is 466 g/mol. The number of nitrogens with zero attached hydrogens (tertiary/aromatic N) is 2. The molecule has 1 saturated carbocycles. The Morgan fingerprint density at radius 3 is 2.40 bits per heavy atom. The van der Waals surface area contributed by atoms with E-state index in [4.69, 9.17) is 4.74 Å². The van der Waals surface area contributed by atoms with Crippen molar-refractivity contribution in [2.45, 2.75) is 64.8 Å². The maximum absolute atomic E-state index is 5.52. The molecule has 0 aromatic heterocycles. The van der Waals surface area contributed by atoms with Crippen LogP contribution in [-0.4, -0.2) is 62.8 Å². The fourth-order valence-electron chi connectivity index (χ4n) is 3.53. The molecule has 1 aliphatic heterocycles. The lowest BCUT2D eigenvalue weighted by atomic mass is 9.98. The van der Waals surface area contributed by atoms with Crippen LogP contribution >= 0.6 is 24.0 Å². The van der Waals surface area contributed by atoms with Crippen molar-refractivity contribution in [1.82, 2.24) is 15.5 Å². The van der Waals surface area contributed by atoms with Crippen molar-refractivity contribution in [3.8, 4) is 0 Å². The van der Waals surface area contributed by atoms with E-state index in [0.717, 1.165) is 38.7 Å². The van der Waals surface area contributed by atoms with Crippen LogP contribution in [0.15, 0.2) is 4.99 Å². The molecule has 2 aliphatic rings. The van der Waals surface area contributed by atoms with Gasteiger partial charge < -0.3 is 15.4 Å². The minimum atomic E-state index is 0. The second-order valence-corrected chi connectivity index (χ2v) is 8.09. The van der Waals surface area contributed by atoms with Crippen LogP contribution in [-0.2, 0) is 4.74 Å². The summed E-state index contributed by atoms with van der Waals surface area (Å²) < 4.78 is 5.52. The third-order valence-corrected chi connectivity index (χ3v) is 5.69. The number of rotatable bonds is 9. The quantitative estimate of drug-likeness (QED) is 0.237. The van der Waals surface area contributed by atoms with Crippen molar-refractivity contribution in [2.24, 2.45) is 10.4 Å². The molecule has 6 heteroatoms. The minimum Gasteiger partial charge on any atom is -0.382 e. The van der Waals surface area contributed by atoms with Crippen molar-refractivity contribution in [3.05, 3.63) is 0 Å². The Hall–Kier alpha value is -0.0800. The zero-order valence-corrected chi connectivity index (χ0v) is 19.0. The maximum atomic E-state index is 5.52. The zero-order chi connectivity index (χ0) is 17.5. The summed E-state index contributed by atoms with van der Waals surface area (Å²) in [7, 11) is 1.86. The Labute approximate surface area is 171 Å². The smallest absolute Gasteiger partial charge is 0.191 e. The molecule has 0 atom stereocenters. The second-order valence-electron chi connectivity index (χ2n) is 8.09. The van der Waals surface area contributed by atoms with Crippen LogP contribution in [0.3, 0.4) is 0 Å². The van der Waals surface area contributed by atoms with Gasteiger partial charge in [0.2, 0.25) is 0 Å². The molecule has 5 nitrogen and oxygen atoms in total. The Kier molecular flexibility index (Phi) is 10.0. The van der Waals surface area contributed by atoms with Gasteiger partial charge in [-0.2, -0.15) is 0 Å². The van der Waals surface area contributed by atoms with E-state index in [1.54, 1.807) is 0 Å². The summed E-state index contributed by atoms with van der Waals surface area (Å²) in [5, 5.41) is 7.08. The molecule has 25 heavy (non-hydrogen) atoms. The summed E-state index contributed by atoms with van der Waals surface area (Å²) in [6, 6.07) is 0. The van der Waals surface area contributed by atoms with E-state index in [2.05, 4.69) is 41.3 Å². The van der Waals surface area contributed by atoms with Gasteiger partial charge in [-0.25, -0.2) is 0 Å². The number of aliphatic imine (C=N–C) groups is 1. The van der Waals surface area contributed by atoms with E-state index < -0.39 is 0 Å². The molecule has 0 unspecified atom stereocenters. The van der Waals surface area contributed by atoms with Gasteiger partial charge in [-0.1, -0.05) is 6.42 Å². The van der Waals surface area contributed by atoms with Gasteiger partial charge in [-0.3, -0.25) is 9.89 Å². The van der Waals surface area contributed by atoms with Gasteiger partial charge >= 0.3 is 0 Å². The molecule has 2 rings (SSSR count). The van der Waals surface area contributed by atoms with Gasteiger partial charge in [0.1, 0.15) is 0 Å². The monoisotopic (exact) mass is 466 g/mol. The first kappa shape index (κ1) is 23.0. The molecule has 1 aliphatic carbocycles. The molecule has 1 heterocycles. The molecule has 0 spiro atoms. The van der Waals surface area contributed by atoms with Gasteiger partial charge in [0.25, 0.3) is 0 Å². The molecule has 0 radical (unpaired) electrons. The van der Waals surface area contributed by atoms with E-state index >= 15 is 0 Å². The summed E-state index contributed by atoms with van der Waals surface area (Å²) in [5.41, 5.74) is 0.611. The molecule has 2 N–H and O–H groups in total. The summed E-state index contributed by atoms with van der Waals surface area (Å²) >= 11 is 0. The summed E-state index contributed by atoms with van der Waals surface area (Å²) in [6.07, 6.45) is 7.82. The normalized spacial score (nSPS) is 20.7. The summed E-state index contributed by atoms with van der Waals surface area (Å²) in [6.45, 7) is 12.8. The van der Waals surface area contributed by atoms with Gasteiger partial charge in [0.05, 0.1) is 0 Å². The number of halogens is 1. The Morgan fingerprint density at radius 2 is 1.84 bits per heavy atom. The van der Waals surface area contributed by atoms with E-state index in [1.807, 2.05) is 7.05 Å². The topological polar surface area (TPSA) is 48.9 Å². The van der Waals surface area contributed by atoms with Crippen LogP contribution in [0.5, 0.6) is 0 Å². The first-order valence-corrected chi connectivity index (χ1v) is 9.79. The number of ether oxygens (including phenoxy) is 1. The Morgan fingerprint density at radius 1 is 1.16 bits per heavy atom. The van der Waals surface area contributed by atoms with Crippen LogP contribution in [0, 0.1) is 5.41 Å². The first-order chi connectivity index (χ1) is 11.5. The highest BCUT2D eigenvalue weighted by molar-refractivity contribution is 14.0. The van der Waals surface area contributed by atoms with E-state index in [1.165, 1.54) is 45.2 Å². The predicted octanol–water partition coefficient (Wildman–Crippen LogP) is 3.24. The highest BCUT2D eigenvalue weighted by atomic mass is 127. The summed E-state index contributed by atoms with van der Waals surface area (Å²) in [5.74, 6) is 0.933. The van der Waals surface area contributed by atoms with E-state index in [9.17, 15) is 0 Å².